The molecule has 0 aliphatic carbocycles. The first-order valence-electron chi connectivity index (χ1n) is 11.8. The minimum atomic E-state index is -4.77. The van der Waals surface area contributed by atoms with Crippen molar-refractivity contribution >= 4 is 63.9 Å². The van der Waals surface area contributed by atoms with Crippen molar-refractivity contribution in [3.8, 4) is 0 Å². The van der Waals surface area contributed by atoms with Gasteiger partial charge in [-0.15, -0.1) is 0 Å². The van der Waals surface area contributed by atoms with Gasteiger partial charge in [0.05, 0.1) is 0 Å². The molecule has 0 aromatic heterocycles. The zero-order valence-corrected chi connectivity index (χ0v) is 25.1. The second-order valence-electron chi connectivity index (χ2n) is 9.47. The van der Waals surface area contributed by atoms with Crippen LogP contribution in [0.25, 0.3) is 0 Å². The summed E-state index contributed by atoms with van der Waals surface area (Å²) in [5.74, 6) is -1.39. The Hall–Kier alpha value is -2.63. The van der Waals surface area contributed by atoms with Crippen LogP contribution in [0.3, 0.4) is 0 Å². The van der Waals surface area contributed by atoms with E-state index in [0.717, 1.165) is 33.0 Å². The van der Waals surface area contributed by atoms with Crippen LogP contribution in [0.2, 0.25) is 6.55 Å². The molecule has 0 unspecified atom stereocenters. The van der Waals surface area contributed by atoms with Crippen LogP contribution in [0.4, 0.5) is 5.69 Å². The Kier molecular flexibility index (Phi) is 7.10. The third-order valence-corrected chi connectivity index (χ3v) is 18.9. The first kappa shape index (κ1) is 27.4. The van der Waals surface area contributed by atoms with Gasteiger partial charge in [0.2, 0.25) is 0 Å². The molecule has 0 radical (unpaired) electrons. The van der Waals surface area contributed by atoms with Gasteiger partial charge in [-0.1, -0.05) is 0 Å². The van der Waals surface area contributed by atoms with Crippen LogP contribution in [-0.4, -0.2) is 32.3 Å². The van der Waals surface area contributed by atoms with Crippen molar-refractivity contribution in [1.82, 2.24) is 0 Å². The molecule has 0 spiro atoms. The molecule has 0 N–H and O–H groups in total. The summed E-state index contributed by atoms with van der Waals surface area (Å²) in [5.41, 5.74) is 3.76. The number of anilines is 1. The molecule has 4 rings (SSSR count). The van der Waals surface area contributed by atoms with Crippen molar-refractivity contribution in [2.75, 3.05) is 18.6 Å². The Balaban J connectivity index is 2.36. The third kappa shape index (κ3) is 4.11. The Bertz CT molecular complexity index is 1360. The number of carbonyl (C=O) groups excluding carboxylic acids is 2. The molecule has 5 nitrogen and oxygen atoms in total. The van der Waals surface area contributed by atoms with Crippen LogP contribution in [0, 0.1) is 20.8 Å². The number of aryl methyl sites for hydroxylation is 3. The van der Waals surface area contributed by atoms with Gasteiger partial charge in [0.25, 0.3) is 0 Å². The monoisotopic (exact) mass is 573 g/mol. The standard InChI is InChI=1S/C28H30Cl2NO4PSi/c1-19-17-20(2)24(21(3)18-19)31-36(22-13-9-7-10-14-22,23-15-11-8-12-16-23)25(27(32)34-4)26(28(33)35-5)37(31,6,29)30/h7-18H,1-6H3. The molecule has 0 bridgehead atoms. The number of hydrogen-bond acceptors (Lipinski definition) is 5. The summed E-state index contributed by atoms with van der Waals surface area (Å²) < 4.78 is 12.6. The average molecular weight is 575 g/mol. The summed E-state index contributed by atoms with van der Waals surface area (Å²) in [4.78, 5) is 27.4. The van der Waals surface area contributed by atoms with E-state index in [0.29, 0.717) is 0 Å². The van der Waals surface area contributed by atoms with E-state index in [1.54, 1.807) is 6.55 Å². The molecule has 3 aromatic rings. The van der Waals surface area contributed by atoms with E-state index >= 15 is 0 Å². The van der Waals surface area contributed by atoms with E-state index in [2.05, 4.69) is 12.1 Å². The fourth-order valence-corrected chi connectivity index (χ4v) is 21.1. The van der Waals surface area contributed by atoms with Gasteiger partial charge in [-0.3, -0.25) is 0 Å². The van der Waals surface area contributed by atoms with Crippen LogP contribution >= 0.6 is 29.6 Å². The van der Waals surface area contributed by atoms with E-state index in [-0.39, 0.29) is 10.5 Å². The number of ether oxygens (including phenoxy) is 2. The molecule has 9 heteroatoms. The van der Waals surface area contributed by atoms with Crippen molar-refractivity contribution in [2.45, 2.75) is 27.3 Å². The molecule has 194 valence electrons. The van der Waals surface area contributed by atoms with E-state index in [1.807, 2.05) is 85.8 Å². The van der Waals surface area contributed by atoms with Crippen LogP contribution < -0.4 is 14.9 Å². The number of esters is 2. The van der Waals surface area contributed by atoms with Gasteiger partial charge in [-0.25, -0.2) is 0 Å². The summed E-state index contributed by atoms with van der Waals surface area (Å²) in [5, 5.41) is 1.81. The van der Waals surface area contributed by atoms with Crippen molar-refractivity contribution < 1.29 is 19.1 Å². The summed E-state index contributed by atoms with van der Waals surface area (Å²) in [7, 11) is -0.635. The van der Waals surface area contributed by atoms with E-state index in [4.69, 9.17) is 31.6 Å². The van der Waals surface area contributed by atoms with E-state index in [9.17, 15) is 9.59 Å². The van der Waals surface area contributed by atoms with Gasteiger partial charge in [-0.2, -0.15) is 0 Å². The van der Waals surface area contributed by atoms with Crippen molar-refractivity contribution in [3.05, 3.63) is 100.0 Å². The third-order valence-electron chi connectivity index (χ3n) is 6.76. The van der Waals surface area contributed by atoms with Crippen LogP contribution in [-0.2, 0) is 19.1 Å². The quantitative estimate of drug-likeness (QED) is 0.158. The molecule has 0 saturated heterocycles. The van der Waals surface area contributed by atoms with Gasteiger partial charge < -0.3 is 0 Å². The maximum absolute atomic E-state index is 13.9. The number of methoxy groups -OCH3 is 2. The molecule has 0 saturated carbocycles. The van der Waals surface area contributed by atoms with Crippen LogP contribution in [0.1, 0.15) is 16.7 Å². The molecule has 3 aromatic carbocycles. The maximum atomic E-state index is 13.9. The molecule has 0 atom stereocenters. The Morgan fingerprint density at radius 2 is 1.22 bits per heavy atom. The van der Waals surface area contributed by atoms with Gasteiger partial charge >= 0.3 is 229 Å². The first-order chi connectivity index (χ1) is 17.4. The minimum absolute atomic E-state index is 0.00176. The molecule has 0 fully saturated rings. The molecule has 1 aliphatic heterocycles. The van der Waals surface area contributed by atoms with Gasteiger partial charge in [-0.05, 0) is 0 Å². The van der Waals surface area contributed by atoms with Crippen LogP contribution in [0.15, 0.2) is 83.3 Å². The molecule has 0 amide bonds. The number of nitrogens with zero attached hydrogens (tertiary/aromatic N) is 1. The van der Waals surface area contributed by atoms with Gasteiger partial charge in [0.1, 0.15) is 0 Å². The van der Waals surface area contributed by atoms with E-state index < -0.39 is 25.5 Å². The fourth-order valence-electron chi connectivity index (χ4n) is 5.56. The van der Waals surface area contributed by atoms with Crippen molar-refractivity contribution in [3.63, 3.8) is 0 Å². The Morgan fingerprint density at radius 1 is 0.784 bits per heavy atom. The second kappa shape index (κ2) is 9.59. The predicted octanol–water partition coefficient (Wildman–Crippen LogP) is 6.16. The SMILES string of the molecule is COC(=O)C1=C(C(=O)OC)[Si-](C)(Cl)(Cl)N(c2c(C)cc(C)cc2C)[P+]1(c1ccccc1)c1ccccc1. The number of carbonyl (C=O) groups is 2. The average Bonchev–Trinajstić information content (AvgIpc) is 3.05. The molecule has 1 aliphatic rings. The second-order valence-corrected chi connectivity index (χ2v) is 22.9. The molecular weight excluding hydrogens is 544 g/mol. The van der Waals surface area contributed by atoms with Crippen LogP contribution in [0.5, 0.6) is 0 Å². The van der Waals surface area contributed by atoms with Gasteiger partial charge in [0, 0.05) is 0 Å². The Labute approximate surface area is 228 Å². The summed E-state index contributed by atoms with van der Waals surface area (Å²) in [6.07, 6.45) is -4.77. The number of rotatable bonds is 5. The summed E-state index contributed by atoms with van der Waals surface area (Å²) >= 11 is 15.3. The number of hydrogen-bond donors (Lipinski definition) is 0. The van der Waals surface area contributed by atoms with E-state index in [1.165, 1.54) is 14.2 Å². The predicted molar refractivity (Wildman–Crippen MR) is 157 cm³/mol. The topological polar surface area (TPSA) is 55.8 Å². The molecule has 37 heavy (non-hydrogen) atoms. The fraction of sp³-hybridized carbons (Fsp3) is 0.214. The zero-order valence-electron chi connectivity index (χ0n) is 21.7. The van der Waals surface area contributed by atoms with Gasteiger partial charge in [0.15, 0.2) is 0 Å². The van der Waals surface area contributed by atoms with Crippen molar-refractivity contribution in [2.24, 2.45) is 0 Å². The van der Waals surface area contributed by atoms with Crippen molar-refractivity contribution in [1.29, 1.82) is 0 Å². The number of halogens is 2. The number of benzene rings is 3. The normalized spacial score (nSPS) is 18.6. The molecular formula is C28H30Cl2NO4PSi. The summed E-state index contributed by atoms with van der Waals surface area (Å²) in [6, 6.07) is 23.4. The Morgan fingerprint density at radius 3 is 1.62 bits per heavy atom. The zero-order chi connectivity index (χ0) is 27.2. The molecule has 1 heterocycles. The summed E-state index contributed by atoms with van der Waals surface area (Å²) in [6.45, 7) is 7.72. The first-order valence-corrected chi connectivity index (χ1v) is 18.5.